The summed E-state index contributed by atoms with van der Waals surface area (Å²) in [7, 11) is 3.94. The van der Waals surface area contributed by atoms with Crippen molar-refractivity contribution >= 4 is 17.6 Å². The zero-order valence-electron chi connectivity index (χ0n) is 17.3. The van der Waals surface area contributed by atoms with Gasteiger partial charge in [0.1, 0.15) is 17.3 Å². The maximum atomic E-state index is 12.9. The fourth-order valence-electron chi connectivity index (χ4n) is 3.51. The lowest BCUT2D eigenvalue weighted by atomic mass is 9.81. The van der Waals surface area contributed by atoms with Crippen molar-refractivity contribution in [2.45, 2.75) is 5.92 Å². The minimum atomic E-state index is -0.933. The molecule has 2 aromatic rings. The summed E-state index contributed by atoms with van der Waals surface area (Å²) in [5.41, 5.74) is 7.39. The molecule has 0 aromatic heterocycles. The maximum Gasteiger partial charge on any atom is 0.355 e. The summed E-state index contributed by atoms with van der Waals surface area (Å²) in [4.78, 5) is 27.2. The van der Waals surface area contributed by atoms with Gasteiger partial charge in [-0.2, -0.15) is 5.26 Å². The van der Waals surface area contributed by atoms with Crippen LogP contribution in [0.2, 0.25) is 0 Å². The quantitative estimate of drug-likeness (QED) is 0.736. The van der Waals surface area contributed by atoms with E-state index in [4.69, 9.17) is 19.9 Å². The number of methoxy groups -OCH3 is 3. The van der Waals surface area contributed by atoms with Crippen LogP contribution in [0, 0.1) is 11.3 Å². The number of ether oxygens (including phenoxy) is 3. The Bertz CT molecular complexity index is 1100. The van der Waals surface area contributed by atoms with Crippen LogP contribution in [0.3, 0.4) is 0 Å². The molecule has 3 rings (SSSR count). The standard InChI is InChI=1S/C23H21N3O5/c1-29-16-11-9-14(10-12-16)18-17(13-24)21(25)26(15-7-5-4-6-8-15)20(23(28)31-3)19(18)22(27)30-2/h4-12,18H,25H2,1-3H3. The number of carbonyl (C=O) groups excluding carboxylic acids is 2. The van der Waals surface area contributed by atoms with E-state index in [2.05, 4.69) is 6.07 Å². The number of hydrogen-bond acceptors (Lipinski definition) is 8. The molecule has 2 N–H and O–H groups in total. The molecule has 8 nitrogen and oxygen atoms in total. The van der Waals surface area contributed by atoms with Crippen LogP contribution in [0.5, 0.6) is 5.75 Å². The molecule has 1 unspecified atom stereocenters. The highest BCUT2D eigenvalue weighted by molar-refractivity contribution is 6.06. The third-order valence-corrected chi connectivity index (χ3v) is 4.94. The Balaban J connectivity index is 2.37. The number of nitrogens with two attached hydrogens (primary N) is 1. The number of hydrogen-bond donors (Lipinski definition) is 1. The molecule has 0 fully saturated rings. The van der Waals surface area contributed by atoms with Crippen molar-refractivity contribution in [3.8, 4) is 11.8 Å². The van der Waals surface area contributed by atoms with Gasteiger partial charge in [0.15, 0.2) is 0 Å². The zero-order chi connectivity index (χ0) is 22.5. The molecule has 0 radical (unpaired) electrons. The van der Waals surface area contributed by atoms with Crippen molar-refractivity contribution in [1.29, 1.82) is 5.26 Å². The summed E-state index contributed by atoms with van der Waals surface area (Å²) in [6, 6.07) is 17.6. The Kier molecular flexibility index (Phi) is 6.26. The van der Waals surface area contributed by atoms with Gasteiger partial charge in [0.25, 0.3) is 0 Å². The Morgan fingerprint density at radius 3 is 2.10 bits per heavy atom. The number of anilines is 1. The van der Waals surface area contributed by atoms with Gasteiger partial charge in [-0.1, -0.05) is 30.3 Å². The highest BCUT2D eigenvalue weighted by Crippen LogP contribution is 2.43. The normalized spacial score (nSPS) is 15.9. The van der Waals surface area contributed by atoms with Crippen molar-refractivity contribution < 1.29 is 23.8 Å². The molecule has 1 heterocycles. The molecule has 0 spiro atoms. The van der Waals surface area contributed by atoms with Crippen LogP contribution in [0.25, 0.3) is 0 Å². The Morgan fingerprint density at radius 2 is 1.58 bits per heavy atom. The van der Waals surface area contributed by atoms with E-state index in [0.717, 1.165) is 0 Å². The number of carbonyl (C=O) groups is 2. The molecular formula is C23H21N3O5. The SMILES string of the molecule is COC(=O)C1=C(C(=O)OC)N(c2ccccc2)C(N)=C(C#N)C1c1ccc(OC)cc1. The summed E-state index contributed by atoms with van der Waals surface area (Å²) in [6.45, 7) is 0. The van der Waals surface area contributed by atoms with Gasteiger partial charge in [0, 0.05) is 5.69 Å². The van der Waals surface area contributed by atoms with E-state index in [-0.39, 0.29) is 22.7 Å². The first-order valence-electron chi connectivity index (χ1n) is 9.28. The first-order chi connectivity index (χ1) is 15.0. The van der Waals surface area contributed by atoms with Crippen molar-refractivity contribution in [3.63, 3.8) is 0 Å². The fourth-order valence-corrected chi connectivity index (χ4v) is 3.51. The lowest BCUT2D eigenvalue weighted by molar-refractivity contribution is -0.139. The summed E-state index contributed by atoms with van der Waals surface area (Å²) in [5, 5.41) is 9.98. The minimum Gasteiger partial charge on any atom is -0.497 e. The summed E-state index contributed by atoms with van der Waals surface area (Å²) in [5.74, 6) is -1.89. The second-order valence-electron chi connectivity index (χ2n) is 6.53. The lowest BCUT2D eigenvalue weighted by Gasteiger charge is -2.35. The van der Waals surface area contributed by atoms with Crippen molar-refractivity contribution in [3.05, 3.63) is 82.8 Å². The molecule has 2 aromatic carbocycles. The average Bonchev–Trinajstić information content (AvgIpc) is 2.82. The molecule has 1 aliphatic heterocycles. The van der Waals surface area contributed by atoms with E-state index in [0.29, 0.717) is 17.0 Å². The number of allylic oxidation sites excluding steroid dienone is 1. The molecule has 0 bridgehead atoms. The predicted molar refractivity (Wildman–Crippen MR) is 113 cm³/mol. The molecule has 8 heteroatoms. The summed E-state index contributed by atoms with van der Waals surface area (Å²) >= 11 is 0. The van der Waals surface area contributed by atoms with E-state index >= 15 is 0 Å². The molecule has 1 atom stereocenters. The smallest absolute Gasteiger partial charge is 0.355 e. The van der Waals surface area contributed by atoms with Crippen molar-refractivity contribution in [2.75, 3.05) is 26.2 Å². The highest BCUT2D eigenvalue weighted by atomic mass is 16.5. The monoisotopic (exact) mass is 419 g/mol. The topological polar surface area (TPSA) is 115 Å². The highest BCUT2D eigenvalue weighted by Gasteiger charge is 2.42. The van der Waals surface area contributed by atoms with Crippen LogP contribution in [0.1, 0.15) is 11.5 Å². The molecule has 0 amide bonds. The van der Waals surface area contributed by atoms with Gasteiger partial charge in [-0.15, -0.1) is 0 Å². The lowest BCUT2D eigenvalue weighted by Crippen LogP contribution is -2.40. The molecule has 158 valence electrons. The van der Waals surface area contributed by atoms with Crippen LogP contribution >= 0.6 is 0 Å². The van der Waals surface area contributed by atoms with Gasteiger partial charge < -0.3 is 19.9 Å². The van der Waals surface area contributed by atoms with Crippen LogP contribution in [-0.4, -0.2) is 33.3 Å². The number of para-hydroxylation sites is 1. The molecule has 0 saturated heterocycles. The van der Waals surface area contributed by atoms with Gasteiger partial charge in [-0.3, -0.25) is 4.90 Å². The Labute approximate surface area is 179 Å². The summed E-state index contributed by atoms with van der Waals surface area (Å²) in [6.07, 6.45) is 0. The number of rotatable bonds is 5. The van der Waals surface area contributed by atoms with Crippen LogP contribution in [0.4, 0.5) is 5.69 Å². The second kappa shape index (κ2) is 9.05. The molecule has 31 heavy (non-hydrogen) atoms. The van der Waals surface area contributed by atoms with Crippen LogP contribution < -0.4 is 15.4 Å². The number of nitrogens with zero attached hydrogens (tertiary/aromatic N) is 2. The van der Waals surface area contributed by atoms with Gasteiger partial charge >= 0.3 is 11.9 Å². The fraction of sp³-hybridized carbons (Fsp3) is 0.174. The molecular weight excluding hydrogens is 398 g/mol. The van der Waals surface area contributed by atoms with Gasteiger partial charge in [0.05, 0.1) is 44.5 Å². The number of esters is 2. The molecule has 0 saturated carbocycles. The first kappa shape index (κ1) is 21.5. The predicted octanol–water partition coefficient (Wildman–Crippen LogP) is 2.59. The van der Waals surface area contributed by atoms with E-state index in [1.807, 2.05) is 0 Å². The molecule has 1 aliphatic rings. The van der Waals surface area contributed by atoms with E-state index in [1.54, 1.807) is 54.6 Å². The Hall–Kier alpha value is -4.25. The van der Waals surface area contributed by atoms with Crippen LogP contribution in [-0.2, 0) is 19.1 Å². The number of benzene rings is 2. The van der Waals surface area contributed by atoms with Gasteiger partial charge in [0.2, 0.25) is 0 Å². The minimum absolute atomic E-state index is 0.0163. The maximum absolute atomic E-state index is 12.9. The van der Waals surface area contributed by atoms with Crippen LogP contribution in [0.15, 0.2) is 77.3 Å². The van der Waals surface area contributed by atoms with E-state index in [9.17, 15) is 14.9 Å². The third-order valence-electron chi connectivity index (χ3n) is 4.94. The van der Waals surface area contributed by atoms with Gasteiger partial charge in [-0.05, 0) is 29.8 Å². The largest absolute Gasteiger partial charge is 0.497 e. The average molecular weight is 419 g/mol. The molecule has 0 aliphatic carbocycles. The Morgan fingerprint density at radius 1 is 0.968 bits per heavy atom. The third kappa shape index (κ3) is 3.81. The number of nitriles is 1. The van der Waals surface area contributed by atoms with Crippen molar-refractivity contribution in [2.24, 2.45) is 5.73 Å². The van der Waals surface area contributed by atoms with Gasteiger partial charge in [-0.25, -0.2) is 9.59 Å². The first-order valence-corrected chi connectivity index (χ1v) is 9.28. The summed E-state index contributed by atoms with van der Waals surface area (Å²) < 4.78 is 15.2. The van der Waals surface area contributed by atoms with E-state index < -0.39 is 17.9 Å². The second-order valence-corrected chi connectivity index (χ2v) is 6.53. The van der Waals surface area contributed by atoms with Crippen molar-refractivity contribution in [1.82, 2.24) is 0 Å². The zero-order valence-corrected chi connectivity index (χ0v) is 17.3. The van der Waals surface area contributed by atoms with E-state index in [1.165, 1.54) is 26.2 Å².